The molecule has 1 amide bonds. The zero-order chi connectivity index (χ0) is 19.9. The molecule has 1 saturated heterocycles. The largest absolute Gasteiger partial charge is 0.484 e. The first-order chi connectivity index (χ1) is 13.5. The summed E-state index contributed by atoms with van der Waals surface area (Å²) < 4.78 is 5.66. The molecule has 1 fully saturated rings. The standard InChI is InChI=1S/C24H32N2O2.ClH/c1-18(2)20-10-12-22(13-11-20)28-17-24(27)25-16-23(26-14-4-5-15-26)21-8-6-19(3)7-9-21;/h6-13,18,23H,4-5,14-17H2,1-3H3,(H,25,27);1H. The maximum absolute atomic E-state index is 12.3. The summed E-state index contributed by atoms with van der Waals surface area (Å²) in [7, 11) is 0. The summed E-state index contributed by atoms with van der Waals surface area (Å²) >= 11 is 0. The highest BCUT2D eigenvalue weighted by molar-refractivity contribution is 5.85. The molecule has 158 valence electrons. The minimum atomic E-state index is -0.0794. The van der Waals surface area contributed by atoms with Crippen molar-refractivity contribution in [3.8, 4) is 5.75 Å². The van der Waals surface area contributed by atoms with Crippen molar-refractivity contribution in [2.45, 2.75) is 45.6 Å². The van der Waals surface area contributed by atoms with Gasteiger partial charge >= 0.3 is 0 Å². The second kappa shape index (κ2) is 11.2. The number of ether oxygens (including phenoxy) is 1. The predicted molar refractivity (Wildman–Crippen MR) is 121 cm³/mol. The lowest BCUT2D eigenvalue weighted by molar-refractivity contribution is -0.123. The molecule has 2 aromatic rings. The van der Waals surface area contributed by atoms with Crippen molar-refractivity contribution in [2.24, 2.45) is 0 Å². The highest BCUT2D eigenvalue weighted by Crippen LogP contribution is 2.25. The number of hydrogen-bond acceptors (Lipinski definition) is 3. The Hall–Kier alpha value is -2.04. The van der Waals surface area contributed by atoms with Gasteiger partial charge in [-0.15, -0.1) is 12.4 Å². The molecule has 29 heavy (non-hydrogen) atoms. The van der Waals surface area contributed by atoms with Crippen LogP contribution < -0.4 is 10.1 Å². The third-order valence-electron chi connectivity index (χ3n) is 5.45. The molecule has 3 rings (SSSR count). The van der Waals surface area contributed by atoms with Gasteiger partial charge < -0.3 is 10.1 Å². The van der Waals surface area contributed by atoms with Gasteiger partial charge in [-0.25, -0.2) is 0 Å². The summed E-state index contributed by atoms with van der Waals surface area (Å²) in [6, 6.07) is 16.8. The van der Waals surface area contributed by atoms with E-state index >= 15 is 0 Å². The van der Waals surface area contributed by atoms with Crippen LogP contribution in [0.1, 0.15) is 55.3 Å². The average Bonchev–Trinajstić information content (AvgIpc) is 3.22. The number of carbonyl (C=O) groups is 1. The van der Waals surface area contributed by atoms with E-state index in [9.17, 15) is 4.79 Å². The fraction of sp³-hybridized carbons (Fsp3) is 0.458. The van der Waals surface area contributed by atoms with Gasteiger partial charge in [0.1, 0.15) is 5.75 Å². The zero-order valence-electron chi connectivity index (χ0n) is 17.7. The molecule has 1 heterocycles. The van der Waals surface area contributed by atoms with Crippen LogP contribution in [0.3, 0.4) is 0 Å². The Labute approximate surface area is 181 Å². The predicted octanol–water partition coefficient (Wildman–Crippen LogP) is 4.87. The van der Waals surface area contributed by atoms with Crippen molar-refractivity contribution in [1.82, 2.24) is 10.2 Å². The molecule has 0 bridgehead atoms. The molecule has 4 nitrogen and oxygen atoms in total. The third-order valence-corrected chi connectivity index (χ3v) is 5.45. The number of benzene rings is 2. The monoisotopic (exact) mass is 416 g/mol. The van der Waals surface area contributed by atoms with Crippen LogP contribution in [0.4, 0.5) is 0 Å². The Morgan fingerprint density at radius 2 is 1.59 bits per heavy atom. The van der Waals surface area contributed by atoms with Gasteiger partial charge in [-0.2, -0.15) is 0 Å². The number of carbonyl (C=O) groups excluding carboxylic acids is 1. The number of rotatable bonds is 8. The molecule has 0 radical (unpaired) electrons. The van der Waals surface area contributed by atoms with Crippen molar-refractivity contribution in [1.29, 1.82) is 0 Å². The molecule has 5 heteroatoms. The van der Waals surface area contributed by atoms with Crippen LogP contribution in [0, 0.1) is 6.92 Å². The average molecular weight is 417 g/mol. The van der Waals surface area contributed by atoms with Crippen molar-refractivity contribution in [2.75, 3.05) is 26.2 Å². The molecule has 0 aromatic heterocycles. The van der Waals surface area contributed by atoms with Crippen molar-refractivity contribution >= 4 is 18.3 Å². The lowest BCUT2D eigenvalue weighted by Gasteiger charge is -2.28. The quantitative estimate of drug-likeness (QED) is 0.667. The smallest absolute Gasteiger partial charge is 0.258 e. The molecule has 2 aromatic carbocycles. The van der Waals surface area contributed by atoms with Crippen LogP contribution in [0.25, 0.3) is 0 Å². The molecule has 0 spiro atoms. The lowest BCUT2D eigenvalue weighted by atomic mass is 10.0. The maximum atomic E-state index is 12.3. The van der Waals surface area contributed by atoms with Gasteiger partial charge in [-0.05, 0) is 62.0 Å². The van der Waals surface area contributed by atoms with Gasteiger partial charge in [0.2, 0.25) is 0 Å². The van der Waals surface area contributed by atoms with Crippen LogP contribution in [-0.4, -0.2) is 37.0 Å². The molecular formula is C24H33ClN2O2. The van der Waals surface area contributed by atoms with Gasteiger partial charge in [-0.3, -0.25) is 9.69 Å². The Balaban J connectivity index is 0.00000300. The minimum absolute atomic E-state index is 0. The van der Waals surface area contributed by atoms with Crippen molar-refractivity contribution in [3.05, 3.63) is 65.2 Å². The fourth-order valence-electron chi connectivity index (χ4n) is 3.66. The van der Waals surface area contributed by atoms with Crippen LogP contribution in [-0.2, 0) is 4.79 Å². The third kappa shape index (κ3) is 6.76. The van der Waals surface area contributed by atoms with Gasteiger partial charge in [0, 0.05) is 6.54 Å². The van der Waals surface area contributed by atoms with Gasteiger partial charge in [-0.1, -0.05) is 55.8 Å². The Bertz CT molecular complexity index is 753. The molecule has 0 saturated carbocycles. The second-order valence-corrected chi connectivity index (χ2v) is 7.99. The molecular weight excluding hydrogens is 384 g/mol. The summed E-state index contributed by atoms with van der Waals surface area (Å²) in [5, 5.41) is 3.07. The zero-order valence-corrected chi connectivity index (χ0v) is 18.5. The van der Waals surface area contributed by atoms with E-state index in [0.29, 0.717) is 12.5 Å². The first kappa shape index (κ1) is 23.2. The number of hydrogen-bond donors (Lipinski definition) is 1. The van der Waals surface area contributed by atoms with Crippen molar-refractivity contribution < 1.29 is 9.53 Å². The Kier molecular flexibility index (Phi) is 8.99. The summed E-state index contributed by atoms with van der Waals surface area (Å²) in [5.74, 6) is 1.14. The van der Waals surface area contributed by atoms with E-state index in [2.05, 4.69) is 67.4 Å². The number of nitrogens with zero attached hydrogens (tertiary/aromatic N) is 1. The van der Waals surface area contributed by atoms with Crippen molar-refractivity contribution in [3.63, 3.8) is 0 Å². The topological polar surface area (TPSA) is 41.6 Å². The fourth-order valence-corrected chi connectivity index (χ4v) is 3.66. The Morgan fingerprint density at radius 1 is 1.00 bits per heavy atom. The number of amides is 1. The van der Waals surface area contributed by atoms with Crippen LogP contribution >= 0.6 is 12.4 Å². The summed E-state index contributed by atoms with van der Waals surface area (Å²) in [4.78, 5) is 14.8. The lowest BCUT2D eigenvalue weighted by Crippen LogP contribution is -2.38. The van der Waals surface area contributed by atoms with Gasteiger partial charge in [0.25, 0.3) is 5.91 Å². The highest BCUT2D eigenvalue weighted by atomic mass is 35.5. The van der Waals surface area contributed by atoms with Crippen LogP contribution in [0.2, 0.25) is 0 Å². The van der Waals surface area contributed by atoms with E-state index in [1.54, 1.807) is 0 Å². The second-order valence-electron chi connectivity index (χ2n) is 7.99. The first-order valence-electron chi connectivity index (χ1n) is 10.3. The first-order valence-corrected chi connectivity index (χ1v) is 10.3. The number of aryl methyl sites for hydroxylation is 1. The van der Waals surface area contributed by atoms with Crippen LogP contribution in [0.5, 0.6) is 5.75 Å². The normalized spacial score (nSPS) is 15.0. The highest BCUT2D eigenvalue weighted by Gasteiger charge is 2.23. The molecule has 1 aliphatic rings. The summed E-state index contributed by atoms with van der Waals surface area (Å²) in [6.07, 6.45) is 2.46. The van der Waals surface area contributed by atoms with Crippen LogP contribution in [0.15, 0.2) is 48.5 Å². The summed E-state index contributed by atoms with van der Waals surface area (Å²) in [6.45, 7) is 9.25. The van der Waals surface area contributed by atoms with E-state index in [1.165, 1.54) is 29.5 Å². The molecule has 1 unspecified atom stereocenters. The molecule has 0 aliphatic carbocycles. The van der Waals surface area contributed by atoms with E-state index < -0.39 is 0 Å². The summed E-state index contributed by atoms with van der Waals surface area (Å²) in [5.41, 5.74) is 3.78. The molecule has 1 aliphatic heterocycles. The van der Waals surface area contributed by atoms with E-state index in [1.807, 2.05) is 12.1 Å². The number of halogens is 1. The maximum Gasteiger partial charge on any atom is 0.258 e. The Morgan fingerprint density at radius 3 is 2.17 bits per heavy atom. The van der Waals surface area contributed by atoms with Gasteiger partial charge in [0.05, 0.1) is 6.04 Å². The molecule has 1 atom stereocenters. The SMILES string of the molecule is Cc1ccc(C(CNC(=O)COc2ccc(C(C)C)cc2)N2CCCC2)cc1.Cl. The number of likely N-dealkylation sites (tertiary alicyclic amines) is 1. The van der Waals surface area contributed by atoms with Gasteiger partial charge in [0.15, 0.2) is 6.61 Å². The van der Waals surface area contributed by atoms with E-state index in [-0.39, 0.29) is 31.0 Å². The molecule has 1 N–H and O–H groups in total. The number of nitrogens with one attached hydrogen (secondary N) is 1. The minimum Gasteiger partial charge on any atom is -0.484 e. The van der Waals surface area contributed by atoms with E-state index in [4.69, 9.17) is 4.74 Å². The van der Waals surface area contributed by atoms with E-state index in [0.717, 1.165) is 18.8 Å².